The lowest BCUT2D eigenvalue weighted by Gasteiger charge is -2.07. The molecule has 2 aromatic rings. The molecule has 5 nitrogen and oxygen atoms in total. The first-order chi connectivity index (χ1) is 11.0. The third kappa shape index (κ3) is 5.50. The van der Waals surface area contributed by atoms with Crippen LogP contribution in [0, 0.1) is 6.92 Å². The van der Waals surface area contributed by atoms with Gasteiger partial charge in [-0.2, -0.15) is 0 Å². The van der Waals surface area contributed by atoms with E-state index in [-0.39, 0.29) is 23.7 Å². The van der Waals surface area contributed by atoms with Crippen LogP contribution >= 0.6 is 0 Å². The molecular weight excluding hydrogens is 314 g/mol. The van der Waals surface area contributed by atoms with E-state index in [0.717, 1.165) is 11.1 Å². The minimum Gasteiger partial charge on any atom is -0.273 e. The van der Waals surface area contributed by atoms with Crippen molar-refractivity contribution in [2.75, 3.05) is 5.75 Å². The largest absolute Gasteiger partial charge is 0.273 e. The summed E-state index contributed by atoms with van der Waals surface area (Å²) in [6, 6.07) is 15.9. The highest BCUT2D eigenvalue weighted by atomic mass is 32.2. The molecule has 1 amide bonds. The van der Waals surface area contributed by atoms with Crippen LogP contribution in [-0.4, -0.2) is 20.1 Å². The number of rotatable bonds is 7. The van der Waals surface area contributed by atoms with Crippen LogP contribution in [-0.2, 0) is 26.1 Å². The van der Waals surface area contributed by atoms with E-state index < -0.39 is 15.7 Å². The van der Waals surface area contributed by atoms with Gasteiger partial charge in [0.15, 0.2) is 9.84 Å². The van der Waals surface area contributed by atoms with E-state index >= 15 is 0 Å². The number of carbonyl (C=O) groups excluding carboxylic acids is 1. The Kier molecular flexibility index (Phi) is 5.90. The highest BCUT2D eigenvalue weighted by Gasteiger charge is 2.16. The first kappa shape index (κ1) is 17.2. The Bertz CT molecular complexity index is 740. The molecule has 0 spiro atoms. The summed E-state index contributed by atoms with van der Waals surface area (Å²) in [5.74, 6) is -0.715. The summed E-state index contributed by atoms with van der Waals surface area (Å²) in [6.07, 6.45) is -0.148. The Morgan fingerprint density at radius 1 is 1.04 bits per heavy atom. The van der Waals surface area contributed by atoms with Crippen LogP contribution in [0.1, 0.15) is 17.5 Å². The van der Waals surface area contributed by atoms with Crippen molar-refractivity contribution in [2.45, 2.75) is 24.8 Å². The van der Waals surface area contributed by atoms with E-state index in [1.54, 1.807) is 24.3 Å². The second kappa shape index (κ2) is 7.89. The number of hydrogen-bond acceptors (Lipinski definition) is 4. The number of hydroxylamine groups is 1. The SMILES string of the molecule is Cc1ccc(S(=O)(=O)CCC(=O)NOCc2ccccc2)cc1. The topological polar surface area (TPSA) is 72.5 Å². The number of benzene rings is 2. The van der Waals surface area contributed by atoms with Gasteiger partial charge < -0.3 is 0 Å². The van der Waals surface area contributed by atoms with Gasteiger partial charge in [-0.1, -0.05) is 48.0 Å². The van der Waals surface area contributed by atoms with Gasteiger partial charge in [-0.15, -0.1) is 0 Å². The van der Waals surface area contributed by atoms with Gasteiger partial charge in [-0.05, 0) is 24.6 Å². The molecule has 122 valence electrons. The van der Waals surface area contributed by atoms with E-state index in [1.165, 1.54) is 0 Å². The van der Waals surface area contributed by atoms with Gasteiger partial charge in [0.2, 0.25) is 5.91 Å². The zero-order valence-corrected chi connectivity index (χ0v) is 13.7. The highest BCUT2D eigenvalue weighted by Crippen LogP contribution is 2.13. The van der Waals surface area contributed by atoms with Gasteiger partial charge in [-0.25, -0.2) is 13.9 Å². The Balaban J connectivity index is 1.78. The normalized spacial score (nSPS) is 11.2. The molecule has 0 aliphatic heterocycles. The van der Waals surface area contributed by atoms with Crippen molar-refractivity contribution in [3.8, 4) is 0 Å². The number of aryl methyl sites for hydroxylation is 1. The highest BCUT2D eigenvalue weighted by molar-refractivity contribution is 7.91. The number of hydrogen-bond donors (Lipinski definition) is 1. The van der Waals surface area contributed by atoms with Gasteiger partial charge in [0.25, 0.3) is 0 Å². The number of carbonyl (C=O) groups is 1. The monoisotopic (exact) mass is 333 g/mol. The lowest BCUT2D eigenvalue weighted by molar-refractivity contribution is -0.134. The predicted octanol–water partition coefficient (Wildman–Crippen LogP) is 2.41. The minimum absolute atomic E-state index is 0.148. The molecular formula is C17H19NO4S. The summed E-state index contributed by atoms with van der Waals surface area (Å²) in [5, 5.41) is 0. The molecule has 2 aromatic carbocycles. The smallest absolute Gasteiger partial charge is 0.244 e. The quantitative estimate of drug-likeness (QED) is 0.790. The maximum atomic E-state index is 12.1. The van der Waals surface area contributed by atoms with Crippen LogP contribution in [0.4, 0.5) is 0 Å². The van der Waals surface area contributed by atoms with Crippen LogP contribution in [0.25, 0.3) is 0 Å². The molecule has 0 atom stereocenters. The fourth-order valence-electron chi connectivity index (χ4n) is 1.92. The number of sulfone groups is 1. The summed E-state index contributed by atoms with van der Waals surface area (Å²) >= 11 is 0. The second-order valence-corrected chi connectivity index (χ2v) is 7.29. The molecule has 2 rings (SSSR count). The van der Waals surface area contributed by atoms with Crippen molar-refractivity contribution >= 4 is 15.7 Å². The molecule has 0 aliphatic rings. The van der Waals surface area contributed by atoms with Crippen LogP contribution < -0.4 is 5.48 Å². The molecule has 0 aliphatic carbocycles. The molecule has 0 aromatic heterocycles. The van der Waals surface area contributed by atoms with Crippen molar-refractivity contribution in [1.82, 2.24) is 5.48 Å². The van der Waals surface area contributed by atoms with Crippen molar-refractivity contribution in [3.05, 3.63) is 65.7 Å². The molecule has 6 heteroatoms. The van der Waals surface area contributed by atoms with Crippen LogP contribution in [0.5, 0.6) is 0 Å². The van der Waals surface area contributed by atoms with Crippen molar-refractivity contribution < 1.29 is 18.0 Å². The zero-order valence-electron chi connectivity index (χ0n) is 12.9. The van der Waals surface area contributed by atoms with Gasteiger partial charge in [0.1, 0.15) is 0 Å². The van der Waals surface area contributed by atoms with Crippen LogP contribution in [0.15, 0.2) is 59.5 Å². The van der Waals surface area contributed by atoms with Gasteiger partial charge in [-0.3, -0.25) is 9.63 Å². The first-order valence-corrected chi connectivity index (χ1v) is 8.86. The zero-order chi connectivity index (χ0) is 16.7. The molecule has 0 unspecified atom stereocenters. The molecule has 0 bridgehead atoms. The average Bonchev–Trinajstić information content (AvgIpc) is 2.54. The molecule has 23 heavy (non-hydrogen) atoms. The van der Waals surface area contributed by atoms with E-state index in [0.29, 0.717) is 0 Å². The minimum atomic E-state index is -3.47. The number of amides is 1. The summed E-state index contributed by atoms with van der Waals surface area (Å²) in [4.78, 5) is 17.0. The second-order valence-electron chi connectivity index (χ2n) is 5.18. The van der Waals surface area contributed by atoms with E-state index in [2.05, 4.69) is 5.48 Å². The van der Waals surface area contributed by atoms with Crippen LogP contribution in [0.3, 0.4) is 0 Å². The van der Waals surface area contributed by atoms with E-state index in [1.807, 2.05) is 37.3 Å². The first-order valence-electron chi connectivity index (χ1n) is 7.21. The van der Waals surface area contributed by atoms with Gasteiger partial charge in [0, 0.05) is 6.42 Å². The van der Waals surface area contributed by atoms with Crippen molar-refractivity contribution in [1.29, 1.82) is 0 Å². The summed E-state index contributed by atoms with van der Waals surface area (Å²) < 4.78 is 24.2. The molecule has 0 radical (unpaired) electrons. The Labute approximate surface area is 136 Å². The molecule has 1 N–H and O–H groups in total. The summed E-state index contributed by atoms with van der Waals surface area (Å²) in [6.45, 7) is 2.12. The van der Waals surface area contributed by atoms with Gasteiger partial charge in [0.05, 0.1) is 17.3 Å². The predicted molar refractivity (Wildman–Crippen MR) is 87.2 cm³/mol. The van der Waals surface area contributed by atoms with Crippen molar-refractivity contribution in [2.24, 2.45) is 0 Å². The van der Waals surface area contributed by atoms with Gasteiger partial charge >= 0.3 is 0 Å². The third-order valence-corrected chi connectivity index (χ3v) is 4.98. The average molecular weight is 333 g/mol. The summed E-state index contributed by atoms with van der Waals surface area (Å²) in [7, 11) is -3.47. The fourth-order valence-corrected chi connectivity index (χ4v) is 3.16. The number of nitrogens with one attached hydrogen (secondary N) is 1. The molecule has 0 fully saturated rings. The molecule has 0 heterocycles. The maximum Gasteiger partial charge on any atom is 0.244 e. The molecule has 0 saturated carbocycles. The Morgan fingerprint density at radius 3 is 2.35 bits per heavy atom. The Morgan fingerprint density at radius 2 is 1.70 bits per heavy atom. The summed E-state index contributed by atoms with van der Waals surface area (Å²) in [5.41, 5.74) is 4.16. The lowest BCUT2D eigenvalue weighted by atomic mass is 10.2. The third-order valence-electron chi connectivity index (χ3n) is 3.25. The van der Waals surface area contributed by atoms with Crippen molar-refractivity contribution in [3.63, 3.8) is 0 Å². The van der Waals surface area contributed by atoms with E-state index in [4.69, 9.17) is 4.84 Å². The Hall–Kier alpha value is -2.18. The van der Waals surface area contributed by atoms with E-state index in [9.17, 15) is 13.2 Å². The standard InChI is InChI=1S/C17H19NO4S/c1-14-7-9-16(10-8-14)23(20,21)12-11-17(19)18-22-13-15-5-3-2-4-6-15/h2-10H,11-13H2,1H3,(H,18,19). The fraction of sp³-hybridized carbons (Fsp3) is 0.235. The molecule has 0 saturated heterocycles. The lowest BCUT2D eigenvalue weighted by Crippen LogP contribution is -2.25. The van der Waals surface area contributed by atoms with Crippen LogP contribution in [0.2, 0.25) is 0 Å². The maximum absolute atomic E-state index is 12.1.